The van der Waals surface area contributed by atoms with Crippen molar-refractivity contribution < 1.29 is 4.79 Å². The third-order valence-corrected chi connectivity index (χ3v) is 3.40. The largest absolute Gasteiger partial charge is 0.398 e. The number of aromatic nitrogens is 1. The second-order valence-electron chi connectivity index (χ2n) is 5.17. The van der Waals surface area contributed by atoms with E-state index in [9.17, 15) is 9.59 Å². The fourth-order valence-electron chi connectivity index (χ4n) is 2.24. The maximum absolute atomic E-state index is 12.3. The van der Waals surface area contributed by atoms with Gasteiger partial charge in [-0.15, -0.1) is 0 Å². The number of anilines is 2. The molecule has 0 aliphatic rings. The Balaban J connectivity index is 2.23. The average molecular weight is 285 g/mol. The molecule has 0 aliphatic heterocycles. The minimum absolute atomic E-state index is 0.0340. The molecule has 1 aromatic carbocycles. The van der Waals surface area contributed by atoms with E-state index in [0.717, 1.165) is 16.8 Å². The maximum Gasteiger partial charge on any atom is 0.251 e. The number of likely N-dealkylation sites (N-methyl/N-ethyl adjacent to an activating group) is 1. The smallest absolute Gasteiger partial charge is 0.251 e. The molecule has 0 radical (unpaired) electrons. The van der Waals surface area contributed by atoms with Crippen LogP contribution in [0.25, 0.3) is 0 Å². The summed E-state index contributed by atoms with van der Waals surface area (Å²) in [5.74, 6) is -0.172. The molecule has 0 unspecified atom stereocenters. The number of carbonyl (C=O) groups excluding carboxylic acids is 1. The van der Waals surface area contributed by atoms with Crippen molar-refractivity contribution in [3.05, 3.63) is 58.0 Å². The van der Waals surface area contributed by atoms with Crippen LogP contribution < -0.4 is 16.2 Å². The van der Waals surface area contributed by atoms with E-state index in [1.54, 1.807) is 11.9 Å². The molecule has 0 fully saturated rings. The Morgan fingerprint density at radius 3 is 2.62 bits per heavy atom. The molecule has 0 spiro atoms. The zero-order valence-electron chi connectivity index (χ0n) is 12.5. The Kier molecular flexibility index (Phi) is 4.12. The van der Waals surface area contributed by atoms with Crippen molar-refractivity contribution in [1.29, 1.82) is 0 Å². The van der Waals surface area contributed by atoms with Crippen LogP contribution in [0.15, 0.2) is 41.3 Å². The second-order valence-corrected chi connectivity index (χ2v) is 5.17. The molecule has 0 aliphatic carbocycles. The summed E-state index contributed by atoms with van der Waals surface area (Å²) in [7, 11) is 1.71. The Morgan fingerprint density at radius 2 is 1.95 bits per heavy atom. The van der Waals surface area contributed by atoms with Gasteiger partial charge in [0.1, 0.15) is 6.54 Å². The van der Waals surface area contributed by atoms with Crippen molar-refractivity contribution in [2.75, 3.05) is 17.7 Å². The monoisotopic (exact) mass is 285 g/mol. The van der Waals surface area contributed by atoms with Crippen LogP contribution >= 0.6 is 0 Å². The van der Waals surface area contributed by atoms with Crippen LogP contribution in [0.3, 0.4) is 0 Å². The molecule has 1 heterocycles. The quantitative estimate of drug-likeness (QED) is 0.933. The van der Waals surface area contributed by atoms with E-state index in [2.05, 4.69) is 0 Å². The fraction of sp³-hybridized carbons (Fsp3) is 0.250. The first-order valence-corrected chi connectivity index (χ1v) is 6.68. The lowest BCUT2D eigenvalue weighted by Gasteiger charge is -2.20. The van der Waals surface area contributed by atoms with Crippen LogP contribution in [0, 0.1) is 13.8 Å². The van der Waals surface area contributed by atoms with Gasteiger partial charge in [-0.25, -0.2) is 0 Å². The van der Waals surface area contributed by atoms with Crippen LogP contribution in [-0.4, -0.2) is 17.5 Å². The highest BCUT2D eigenvalue weighted by atomic mass is 16.2. The molecule has 1 amide bonds. The molecule has 0 saturated carbocycles. The Hall–Kier alpha value is -2.56. The fourth-order valence-corrected chi connectivity index (χ4v) is 2.24. The standard InChI is InChI=1S/C16H19N3O2/c1-11-4-6-14(12(2)8-11)18(3)16(21)10-19-9-13(17)5-7-15(19)20/h4-9H,10,17H2,1-3H3. The lowest BCUT2D eigenvalue weighted by molar-refractivity contribution is -0.118. The van der Waals surface area contributed by atoms with Crippen LogP contribution in [0.4, 0.5) is 11.4 Å². The minimum atomic E-state index is -0.244. The number of amides is 1. The van der Waals surface area contributed by atoms with Crippen molar-refractivity contribution in [2.24, 2.45) is 0 Å². The van der Waals surface area contributed by atoms with Crippen LogP contribution in [0.2, 0.25) is 0 Å². The van der Waals surface area contributed by atoms with Crippen molar-refractivity contribution in [1.82, 2.24) is 4.57 Å². The number of rotatable bonds is 3. The normalized spacial score (nSPS) is 10.4. The van der Waals surface area contributed by atoms with E-state index in [-0.39, 0.29) is 18.0 Å². The highest BCUT2D eigenvalue weighted by Gasteiger charge is 2.14. The number of carbonyl (C=O) groups is 1. The molecule has 1 aromatic heterocycles. The predicted molar refractivity (Wildman–Crippen MR) is 84.4 cm³/mol. The van der Waals surface area contributed by atoms with Gasteiger partial charge in [0.05, 0.1) is 0 Å². The van der Waals surface area contributed by atoms with Gasteiger partial charge in [-0.1, -0.05) is 17.7 Å². The zero-order chi connectivity index (χ0) is 15.6. The maximum atomic E-state index is 12.3. The van der Waals surface area contributed by atoms with E-state index in [1.165, 1.54) is 22.9 Å². The van der Waals surface area contributed by atoms with Gasteiger partial charge < -0.3 is 15.2 Å². The molecular formula is C16H19N3O2. The summed E-state index contributed by atoms with van der Waals surface area (Å²) in [6.07, 6.45) is 1.48. The molecule has 5 heteroatoms. The molecule has 0 atom stereocenters. The first-order chi connectivity index (χ1) is 9.88. The molecule has 0 bridgehead atoms. The third-order valence-electron chi connectivity index (χ3n) is 3.40. The number of hydrogen-bond acceptors (Lipinski definition) is 3. The number of nitrogen functional groups attached to an aromatic ring is 1. The van der Waals surface area contributed by atoms with Gasteiger partial charge in [0.15, 0.2) is 0 Å². The summed E-state index contributed by atoms with van der Waals surface area (Å²) in [5, 5.41) is 0. The Bertz CT molecular complexity index is 735. The second kappa shape index (κ2) is 5.83. The lowest BCUT2D eigenvalue weighted by atomic mass is 10.1. The van der Waals surface area contributed by atoms with Gasteiger partial charge in [0, 0.05) is 30.7 Å². The van der Waals surface area contributed by atoms with E-state index in [0.29, 0.717) is 5.69 Å². The lowest BCUT2D eigenvalue weighted by Crippen LogP contribution is -2.34. The summed E-state index contributed by atoms with van der Waals surface area (Å²) in [4.78, 5) is 25.6. The van der Waals surface area contributed by atoms with Crippen molar-refractivity contribution in [3.63, 3.8) is 0 Å². The molecule has 21 heavy (non-hydrogen) atoms. The summed E-state index contributed by atoms with van der Waals surface area (Å²) in [6, 6.07) is 8.77. The van der Waals surface area contributed by atoms with Gasteiger partial charge in [0.2, 0.25) is 5.91 Å². The van der Waals surface area contributed by atoms with Crippen molar-refractivity contribution >= 4 is 17.3 Å². The Morgan fingerprint density at radius 1 is 1.24 bits per heavy atom. The summed E-state index contributed by atoms with van der Waals surface area (Å²) < 4.78 is 1.32. The highest BCUT2D eigenvalue weighted by molar-refractivity contribution is 5.93. The molecule has 2 aromatic rings. The number of aryl methyl sites for hydroxylation is 2. The first kappa shape index (κ1) is 14.8. The predicted octanol–water partition coefficient (Wildman–Crippen LogP) is 1.71. The molecule has 5 nitrogen and oxygen atoms in total. The number of benzene rings is 1. The van der Waals surface area contributed by atoms with Crippen LogP contribution in [0.5, 0.6) is 0 Å². The topological polar surface area (TPSA) is 68.3 Å². The van der Waals surface area contributed by atoms with E-state index in [4.69, 9.17) is 5.73 Å². The number of pyridine rings is 1. The molecule has 2 rings (SSSR count). The van der Waals surface area contributed by atoms with Crippen LogP contribution in [0.1, 0.15) is 11.1 Å². The van der Waals surface area contributed by atoms with Crippen molar-refractivity contribution in [3.8, 4) is 0 Å². The Labute approximate surface area is 123 Å². The summed E-state index contributed by atoms with van der Waals surface area (Å²) >= 11 is 0. The summed E-state index contributed by atoms with van der Waals surface area (Å²) in [6.45, 7) is 3.93. The molecule has 2 N–H and O–H groups in total. The molecule has 0 saturated heterocycles. The van der Waals surface area contributed by atoms with Gasteiger partial charge in [-0.05, 0) is 31.5 Å². The van der Waals surface area contributed by atoms with E-state index in [1.807, 2.05) is 32.0 Å². The summed E-state index contributed by atoms with van der Waals surface area (Å²) in [5.41, 5.74) is 8.86. The highest BCUT2D eigenvalue weighted by Crippen LogP contribution is 2.20. The third kappa shape index (κ3) is 3.31. The van der Waals surface area contributed by atoms with Crippen molar-refractivity contribution in [2.45, 2.75) is 20.4 Å². The van der Waals surface area contributed by atoms with Gasteiger partial charge in [0.25, 0.3) is 5.56 Å². The number of hydrogen-bond donors (Lipinski definition) is 1. The van der Waals surface area contributed by atoms with E-state index >= 15 is 0 Å². The van der Waals surface area contributed by atoms with Crippen LogP contribution in [-0.2, 0) is 11.3 Å². The minimum Gasteiger partial charge on any atom is -0.398 e. The molecular weight excluding hydrogens is 266 g/mol. The van der Waals surface area contributed by atoms with Gasteiger partial charge >= 0.3 is 0 Å². The number of nitrogens with two attached hydrogens (primary N) is 1. The number of nitrogens with zero attached hydrogens (tertiary/aromatic N) is 2. The van der Waals surface area contributed by atoms with Gasteiger partial charge in [-0.3, -0.25) is 9.59 Å². The van der Waals surface area contributed by atoms with Gasteiger partial charge in [-0.2, -0.15) is 0 Å². The first-order valence-electron chi connectivity index (χ1n) is 6.68. The van der Waals surface area contributed by atoms with E-state index < -0.39 is 0 Å². The zero-order valence-corrected chi connectivity index (χ0v) is 12.5. The average Bonchev–Trinajstić information content (AvgIpc) is 2.42. The molecule has 110 valence electrons. The SMILES string of the molecule is Cc1ccc(N(C)C(=O)Cn2cc(N)ccc2=O)c(C)c1.